The topological polar surface area (TPSA) is 44.8 Å². The Bertz CT molecular complexity index is 690. The molecule has 1 fully saturated rings. The Morgan fingerprint density at radius 1 is 1.12 bits per heavy atom. The smallest absolute Gasteiger partial charge is 0.321 e. The summed E-state index contributed by atoms with van der Waals surface area (Å²) in [5, 5.41) is 2.96. The first kappa shape index (κ1) is 16.3. The van der Waals surface area contributed by atoms with Crippen LogP contribution in [0.4, 0.5) is 10.5 Å². The number of methoxy groups -OCH3 is 1. The van der Waals surface area contributed by atoms with E-state index in [0.29, 0.717) is 6.54 Å². The molecule has 0 radical (unpaired) electrons. The Balaban J connectivity index is 1.71. The maximum Gasteiger partial charge on any atom is 0.321 e. The molecule has 0 saturated carbocycles. The summed E-state index contributed by atoms with van der Waals surface area (Å²) in [6, 6.07) is 17.7. The number of nitrogens with zero attached hydrogens (tertiary/aromatic N) is 2. The number of likely N-dealkylation sites (N-methyl/N-ethyl adjacent to an activating group) is 1. The average molecular weight is 325 g/mol. The molecule has 24 heavy (non-hydrogen) atoms. The lowest BCUT2D eigenvalue weighted by Gasteiger charge is -2.39. The summed E-state index contributed by atoms with van der Waals surface area (Å²) in [5.41, 5.74) is 1.98. The Hall–Kier alpha value is -2.53. The molecule has 1 aliphatic heterocycles. The largest absolute Gasteiger partial charge is 0.497 e. The lowest BCUT2D eigenvalue weighted by molar-refractivity contribution is 0.116. The third-order valence-electron chi connectivity index (χ3n) is 4.44. The fraction of sp³-hybridized carbons (Fsp3) is 0.316. The molecule has 1 unspecified atom stereocenters. The number of piperazine rings is 1. The molecule has 0 bridgehead atoms. The Kier molecular flexibility index (Phi) is 5.01. The van der Waals surface area contributed by atoms with Gasteiger partial charge in [-0.05, 0) is 36.9 Å². The molecule has 3 rings (SSSR count). The Morgan fingerprint density at radius 2 is 1.92 bits per heavy atom. The molecule has 2 aromatic rings. The molecule has 1 heterocycles. The highest BCUT2D eigenvalue weighted by Crippen LogP contribution is 2.27. The summed E-state index contributed by atoms with van der Waals surface area (Å²) in [6.07, 6.45) is 0. The number of carbonyl (C=O) groups excluding carboxylic acids is 1. The zero-order chi connectivity index (χ0) is 16.9. The molecule has 2 amide bonds. The van der Waals surface area contributed by atoms with Gasteiger partial charge in [0.1, 0.15) is 5.75 Å². The molecule has 0 aliphatic carbocycles. The first-order valence-corrected chi connectivity index (χ1v) is 8.12. The van der Waals surface area contributed by atoms with Crippen LogP contribution in [0, 0.1) is 0 Å². The predicted molar refractivity (Wildman–Crippen MR) is 95.4 cm³/mol. The highest BCUT2D eigenvalue weighted by atomic mass is 16.5. The monoisotopic (exact) mass is 325 g/mol. The minimum atomic E-state index is -0.0535. The second-order valence-corrected chi connectivity index (χ2v) is 6.02. The summed E-state index contributed by atoms with van der Waals surface area (Å²) >= 11 is 0. The van der Waals surface area contributed by atoms with E-state index < -0.39 is 0 Å². The maximum absolute atomic E-state index is 12.5. The molecule has 1 atom stereocenters. The van der Waals surface area contributed by atoms with Crippen molar-refractivity contribution in [3.8, 4) is 5.75 Å². The summed E-state index contributed by atoms with van der Waals surface area (Å²) in [6.45, 7) is 2.21. The van der Waals surface area contributed by atoms with Gasteiger partial charge in [-0.15, -0.1) is 0 Å². The molecule has 0 aromatic heterocycles. The van der Waals surface area contributed by atoms with Crippen molar-refractivity contribution >= 4 is 11.7 Å². The zero-order valence-electron chi connectivity index (χ0n) is 14.1. The fourth-order valence-corrected chi connectivity index (χ4v) is 2.99. The first-order valence-electron chi connectivity index (χ1n) is 8.12. The lowest BCUT2D eigenvalue weighted by atomic mass is 10.0. The van der Waals surface area contributed by atoms with Crippen LogP contribution in [0.2, 0.25) is 0 Å². The van der Waals surface area contributed by atoms with Crippen molar-refractivity contribution in [3.05, 3.63) is 60.2 Å². The summed E-state index contributed by atoms with van der Waals surface area (Å²) in [5.74, 6) is 0.840. The van der Waals surface area contributed by atoms with Gasteiger partial charge in [0.05, 0.1) is 13.2 Å². The van der Waals surface area contributed by atoms with Gasteiger partial charge < -0.3 is 15.0 Å². The van der Waals surface area contributed by atoms with Crippen LogP contribution < -0.4 is 10.1 Å². The number of carbonyl (C=O) groups is 1. The van der Waals surface area contributed by atoms with Crippen LogP contribution in [0.3, 0.4) is 0 Å². The molecular weight excluding hydrogens is 302 g/mol. The Labute approximate surface area is 142 Å². The quantitative estimate of drug-likeness (QED) is 0.942. The van der Waals surface area contributed by atoms with Crippen LogP contribution in [0.1, 0.15) is 11.6 Å². The van der Waals surface area contributed by atoms with Crippen LogP contribution in [-0.4, -0.2) is 49.6 Å². The molecule has 0 spiro atoms. The molecule has 126 valence electrons. The minimum absolute atomic E-state index is 0.0535. The van der Waals surface area contributed by atoms with E-state index in [9.17, 15) is 4.79 Å². The number of rotatable bonds is 3. The fourth-order valence-electron chi connectivity index (χ4n) is 2.99. The minimum Gasteiger partial charge on any atom is -0.497 e. The van der Waals surface area contributed by atoms with Gasteiger partial charge in [0.2, 0.25) is 0 Å². The van der Waals surface area contributed by atoms with Crippen LogP contribution in [0.5, 0.6) is 5.75 Å². The van der Waals surface area contributed by atoms with Crippen molar-refractivity contribution in [1.82, 2.24) is 9.80 Å². The van der Waals surface area contributed by atoms with E-state index >= 15 is 0 Å². The number of urea groups is 1. The SMILES string of the molecule is COc1cccc(C2CN(C(=O)Nc3ccccc3)CCN2C)c1. The second kappa shape index (κ2) is 7.36. The number of nitrogens with one attached hydrogen (secondary N) is 1. The third-order valence-corrected chi connectivity index (χ3v) is 4.44. The van der Waals surface area contributed by atoms with Gasteiger partial charge in [0.25, 0.3) is 0 Å². The van der Waals surface area contributed by atoms with E-state index in [-0.39, 0.29) is 12.1 Å². The van der Waals surface area contributed by atoms with E-state index in [4.69, 9.17) is 4.74 Å². The number of amides is 2. The number of hydrogen-bond acceptors (Lipinski definition) is 3. The van der Waals surface area contributed by atoms with Crippen molar-refractivity contribution in [2.45, 2.75) is 6.04 Å². The number of anilines is 1. The molecule has 5 heteroatoms. The van der Waals surface area contributed by atoms with Crippen LogP contribution in [0.15, 0.2) is 54.6 Å². The number of benzene rings is 2. The van der Waals surface area contributed by atoms with E-state index in [1.165, 1.54) is 0 Å². The zero-order valence-corrected chi connectivity index (χ0v) is 14.1. The van der Waals surface area contributed by atoms with Gasteiger partial charge in [-0.2, -0.15) is 0 Å². The second-order valence-electron chi connectivity index (χ2n) is 6.02. The van der Waals surface area contributed by atoms with E-state index in [0.717, 1.165) is 30.1 Å². The lowest BCUT2D eigenvalue weighted by Crippen LogP contribution is -2.50. The van der Waals surface area contributed by atoms with E-state index in [2.05, 4.69) is 23.3 Å². The molecule has 1 N–H and O–H groups in total. The molecular formula is C19H23N3O2. The Morgan fingerprint density at radius 3 is 2.67 bits per heavy atom. The highest BCUT2D eigenvalue weighted by molar-refractivity contribution is 5.89. The van der Waals surface area contributed by atoms with Crippen LogP contribution >= 0.6 is 0 Å². The van der Waals surface area contributed by atoms with Crippen molar-refractivity contribution in [3.63, 3.8) is 0 Å². The van der Waals surface area contributed by atoms with Gasteiger partial charge in [-0.1, -0.05) is 30.3 Å². The standard InChI is InChI=1S/C19H23N3O2/c1-21-11-12-22(19(23)20-16-8-4-3-5-9-16)14-18(21)15-7-6-10-17(13-15)24-2/h3-10,13,18H,11-12,14H2,1-2H3,(H,20,23). The maximum atomic E-state index is 12.5. The number of hydrogen-bond donors (Lipinski definition) is 1. The predicted octanol–water partition coefficient (Wildman–Crippen LogP) is 3.22. The third kappa shape index (κ3) is 3.68. The molecule has 5 nitrogen and oxygen atoms in total. The summed E-state index contributed by atoms with van der Waals surface area (Å²) < 4.78 is 5.32. The normalized spacial score (nSPS) is 18.2. The number of para-hydroxylation sites is 1. The summed E-state index contributed by atoms with van der Waals surface area (Å²) in [7, 11) is 3.76. The van der Waals surface area contributed by atoms with E-state index in [1.807, 2.05) is 53.4 Å². The average Bonchev–Trinajstić information content (AvgIpc) is 2.63. The first-order chi connectivity index (χ1) is 11.7. The summed E-state index contributed by atoms with van der Waals surface area (Å²) in [4.78, 5) is 16.7. The van der Waals surface area contributed by atoms with Gasteiger partial charge in [0, 0.05) is 25.3 Å². The van der Waals surface area contributed by atoms with Gasteiger partial charge >= 0.3 is 6.03 Å². The van der Waals surface area contributed by atoms with Gasteiger partial charge in [0.15, 0.2) is 0 Å². The van der Waals surface area contributed by atoms with Gasteiger partial charge in [-0.3, -0.25) is 4.90 Å². The van der Waals surface area contributed by atoms with Gasteiger partial charge in [-0.25, -0.2) is 4.79 Å². The van der Waals surface area contributed by atoms with Crippen molar-refractivity contribution in [2.24, 2.45) is 0 Å². The van der Waals surface area contributed by atoms with Crippen molar-refractivity contribution < 1.29 is 9.53 Å². The van der Waals surface area contributed by atoms with Crippen LogP contribution in [0.25, 0.3) is 0 Å². The van der Waals surface area contributed by atoms with Crippen molar-refractivity contribution in [1.29, 1.82) is 0 Å². The molecule has 1 saturated heterocycles. The highest BCUT2D eigenvalue weighted by Gasteiger charge is 2.28. The van der Waals surface area contributed by atoms with E-state index in [1.54, 1.807) is 7.11 Å². The molecule has 2 aromatic carbocycles. The van der Waals surface area contributed by atoms with Crippen LogP contribution in [-0.2, 0) is 0 Å². The van der Waals surface area contributed by atoms with Crippen molar-refractivity contribution in [2.75, 3.05) is 39.1 Å². The molecule has 1 aliphatic rings. The number of ether oxygens (including phenoxy) is 1.